The third-order valence-electron chi connectivity index (χ3n) is 5.52. The number of primary amides is 1. The molecule has 3 N–H and O–H groups in total. The fourth-order valence-corrected chi connectivity index (χ4v) is 4.28. The summed E-state index contributed by atoms with van der Waals surface area (Å²) in [4.78, 5) is 22.6. The molecule has 0 spiro atoms. The van der Waals surface area contributed by atoms with Crippen LogP contribution in [-0.4, -0.2) is 27.0 Å². The van der Waals surface area contributed by atoms with E-state index >= 15 is 0 Å². The van der Waals surface area contributed by atoms with Crippen molar-refractivity contribution in [3.8, 4) is 5.69 Å². The maximum absolute atomic E-state index is 12.3. The fraction of sp³-hybridized carbons (Fsp3) is 0.182. The summed E-state index contributed by atoms with van der Waals surface area (Å²) in [6.07, 6.45) is 0.815. The minimum Gasteiger partial charge on any atom is -0.366 e. The average Bonchev–Trinajstić information content (AvgIpc) is 3.26. The number of hydrogen-bond acceptors (Lipinski definition) is 3. The Balaban J connectivity index is 1.61. The molecule has 0 bridgehead atoms. The molecule has 2 aromatic carbocycles. The van der Waals surface area contributed by atoms with Crippen LogP contribution in [0.4, 0.5) is 5.95 Å². The van der Waals surface area contributed by atoms with Crippen LogP contribution in [0.5, 0.6) is 0 Å². The first-order valence-corrected chi connectivity index (χ1v) is 9.41. The molecule has 0 saturated heterocycles. The summed E-state index contributed by atoms with van der Waals surface area (Å²) in [6.45, 7) is 3.40. The molecule has 3 heterocycles. The lowest BCUT2D eigenvalue weighted by molar-refractivity contribution is 0.0999. The Morgan fingerprint density at radius 3 is 2.61 bits per heavy atom. The average molecular weight is 371 g/mol. The van der Waals surface area contributed by atoms with Crippen LogP contribution in [0.2, 0.25) is 0 Å². The summed E-state index contributed by atoms with van der Waals surface area (Å²) >= 11 is 0. The number of carbonyl (C=O) groups is 1. The fourth-order valence-electron chi connectivity index (χ4n) is 4.28. The van der Waals surface area contributed by atoms with Crippen LogP contribution in [0.1, 0.15) is 27.3 Å². The predicted octanol–water partition coefficient (Wildman–Crippen LogP) is 3.32. The summed E-state index contributed by atoms with van der Waals surface area (Å²) < 4.78 is 2.17. The molecule has 6 nitrogen and oxygen atoms in total. The summed E-state index contributed by atoms with van der Waals surface area (Å²) in [5, 5.41) is 0. The van der Waals surface area contributed by atoms with Gasteiger partial charge in [0.15, 0.2) is 0 Å². The Kier molecular flexibility index (Phi) is 3.72. The van der Waals surface area contributed by atoms with Gasteiger partial charge < -0.3 is 20.2 Å². The number of imidazole rings is 1. The second-order valence-electron chi connectivity index (χ2n) is 7.17. The SMILES string of the molecule is Cc1c(C(N)=O)c2c(n1-c1ccccc1)CCN(c1nc3ccccc3[nH]1)C2. The van der Waals surface area contributed by atoms with Crippen LogP contribution >= 0.6 is 0 Å². The van der Waals surface area contributed by atoms with Crippen molar-refractivity contribution in [2.24, 2.45) is 5.73 Å². The number of fused-ring (bicyclic) bond motifs is 2. The van der Waals surface area contributed by atoms with Gasteiger partial charge in [-0.25, -0.2) is 4.98 Å². The summed E-state index contributed by atoms with van der Waals surface area (Å²) in [6, 6.07) is 18.1. The molecule has 0 unspecified atom stereocenters. The molecule has 4 aromatic rings. The van der Waals surface area contributed by atoms with Crippen LogP contribution in [0.25, 0.3) is 16.7 Å². The van der Waals surface area contributed by atoms with Gasteiger partial charge in [-0.15, -0.1) is 0 Å². The van der Waals surface area contributed by atoms with E-state index in [0.717, 1.165) is 52.6 Å². The van der Waals surface area contributed by atoms with E-state index in [1.807, 2.05) is 49.4 Å². The first-order chi connectivity index (χ1) is 13.6. The number of rotatable bonds is 3. The zero-order valence-electron chi connectivity index (χ0n) is 15.6. The molecule has 0 fully saturated rings. The zero-order chi connectivity index (χ0) is 19.3. The number of aromatic amines is 1. The second-order valence-corrected chi connectivity index (χ2v) is 7.17. The van der Waals surface area contributed by atoms with E-state index in [0.29, 0.717) is 12.1 Å². The first-order valence-electron chi connectivity index (χ1n) is 9.41. The maximum atomic E-state index is 12.3. The minimum atomic E-state index is -0.380. The molecule has 140 valence electrons. The van der Waals surface area contributed by atoms with Crippen LogP contribution in [0.15, 0.2) is 54.6 Å². The van der Waals surface area contributed by atoms with E-state index in [1.54, 1.807) is 0 Å². The summed E-state index contributed by atoms with van der Waals surface area (Å²) in [5.74, 6) is 0.447. The van der Waals surface area contributed by atoms with Gasteiger partial charge in [0.1, 0.15) is 0 Å². The van der Waals surface area contributed by atoms with Crippen molar-refractivity contribution in [1.29, 1.82) is 0 Å². The Morgan fingerprint density at radius 1 is 1.11 bits per heavy atom. The number of benzene rings is 2. The normalized spacial score (nSPS) is 13.7. The highest BCUT2D eigenvalue weighted by molar-refractivity contribution is 5.96. The number of nitrogens with two attached hydrogens (primary N) is 1. The molecule has 0 radical (unpaired) electrons. The molecule has 0 saturated carbocycles. The number of H-pyrrole nitrogens is 1. The van der Waals surface area contributed by atoms with Gasteiger partial charge in [-0.3, -0.25) is 4.79 Å². The zero-order valence-corrected chi connectivity index (χ0v) is 15.6. The third-order valence-corrected chi connectivity index (χ3v) is 5.52. The van der Waals surface area contributed by atoms with Crippen LogP contribution < -0.4 is 10.6 Å². The van der Waals surface area contributed by atoms with Gasteiger partial charge in [0.2, 0.25) is 5.95 Å². The molecular weight excluding hydrogens is 350 g/mol. The monoisotopic (exact) mass is 371 g/mol. The largest absolute Gasteiger partial charge is 0.366 e. The van der Waals surface area contributed by atoms with E-state index in [4.69, 9.17) is 10.7 Å². The number of nitrogens with zero attached hydrogens (tertiary/aromatic N) is 3. The van der Waals surface area contributed by atoms with Gasteiger partial charge in [-0.2, -0.15) is 0 Å². The van der Waals surface area contributed by atoms with Crippen molar-refractivity contribution < 1.29 is 4.79 Å². The molecular formula is C22H21N5O. The number of nitrogens with one attached hydrogen (secondary N) is 1. The second kappa shape index (κ2) is 6.27. The predicted molar refractivity (Wildman–Crippen MR) is 110 cm³/mol. The molecule has 6 heteroatoms. The molecule has 0 aliphatic carbocycles. The van der Waals surface area contributed by atoms with E-state index in [-0.39, 0.29) is 5.91 Å². The molecule has 2 aromatic heterocycles. The van der Waals surface area contributed by atoms with Gasteiger partial charge in [0.05, 0.1) is 16.6 Å². The maximum Gasteiger partial charge on any atom is 0.250 e. The molecule has 1 amide bonds. The van der Waals surface area contributed by atoms with Crippen molar-refractivity contribution in [2.45, 2.75) is 19.9 Å². The highest BCUT2D eigenvalue weighted by Gasteiger charge is 2.30. The molecule has 0 atom stereocenters. The van der Waals surface area contributed by atoms with Crippen LogP contribution in [0, 0.1) is 6.92 Å². The van der Waals surface area contributed by atoms with E-state index in [1.165, 1.54) is 0 Å². The van der Waals surface area contributed by atoms with Gasteiger partial charge in [0, 0.05) is 42.1 Å². The summed E-state index contributed by atoms with van der Waals surface area (Å²) in [5.41, 5.74) is 12.5. The minimum absolute atomic E-state index is 0.380. The van der Waals surface area contributed by atoms with Gasteiger partial charge >= 0.3 is 0 Å². The van der Waals surface area contributed by atoms with Crippen molar-refractivity contribution >= 4 is 22.9 Å². The van der Waals surface area contributed by atoms with Crippen LogP contribution in [-0.2, 0) is 13.0 Å². The lowest BCUT2D eigenvalue weighted by atomic mass is 10.0. The number of anilines is 1. The van der Waals surface area contributed by atoms with Gasteiger partial charge in [-0.1, -0.05) is 30.3 Å². The van der Waals surface area contributed by atoms with Crippen molar-refractivity contribution in [1.82, 2.24) is 14.5 Å². The van der Waals surface area contributed by atoms with Crippen molar-refractivity contribution in [3.63, 3.8) is 0 Å². The highest BCUT2D eigenvalue weighted by atomic mass is 16.1. The number of hydrogen-bond donors (Lipinski definition) is 2. The number of aromatic nitrogens is 3. The Bertz CT molecular complexity index is 1160. The quantitative estimate of drug-likeness (QED) is 0.580. The smallest absolute Gasteiger partial charge is 0.250 e. The molecule has 1 aliphatic rings. The van der Waals surface area contributed by atoms with Gasteiger partial charge in [0.25, 0.3) is 5.91 Å². The first kappa shape index (κ1) is 16.6. The standard InChI is InChI=1S/C22H21N5O/c1-14-20(21(23)28)16-13-26(22-24-17-9-5-6-10-18(17)25-22)12-11-19(16)27(14)15-7-3-2-4-8-15/h2-10H,11-13H2,1H3,(H2,23,28)(H,24,25). The number of carbonyl (C=O) groups excluding carboxylic acids is 1. The van der Waals surface area contributed by atoms with Crippen LogP contribution in [0.3, 0.4) is 0 Å². The van der Waals surface area contributed by atoms with E-state index in [2.05, 4.69) is 26.6 Å². The highest BCUT2D eigenvalue weighted by Crippen LogP contribution is 2.32. The third kappa shape index (κ3) is 2.49. The Labute approximate surface area is 162 Å². The Hall–Kier alpha value is -3.54. The molecule has 5 rings (SSSR count). The number of amides is 1. The number of para-hydroxylation sites is 3. The molecule has 28 heavy (non-hydrogen) atoms. The lowest BCUT2D eigenvalue weighted by Crippen LogP contribution is -2.32. The topological polar surface area (TPSA) is 79.9 Å². The van der Waals surface area contributed by atoms with E-state index in [9.17, 15) is 4.79 Å². The van der Waals surface area contributed by atoms with Gasteiger partial charge in [-0.05, 0) is 31.2 Å². The van der Waals surface area contributed by atoms with Crippen molar-refractivity contribution in [3.05, 3.63) is 77.1 Å². The Morgan fingerprint density at radius 2 is 1.86 bits per heavy atom. The van der Waals surface area contributed by atoms with Crippen molar-refractivity contribution in [2.75, 3.05) is 11.4 Å². The lowest BCUT2D eigenvalue weighted by Gasteiger charge is -2.28. The molecule has 1 aliphatic heterocycles. The summed E-state index contributed by atoms with van der Waals surface area (Å²) in [7, 11) is 0. The van der Waals surface area contributed by atoms with E-state index < -0.39 is 0 Å².